The van der Waals surface area contributed by atoms with Gasteiger partial charge in [-0.2, -0.15) is 4.31 Å². The Labute approximate surface area is 122 Å². The third-order valence-corrected chi connectivity index (χ3v) is 7.33. The molecule has 1 aliphatic heterocycles. The van der Waals surface area contributed by atoms with Crippen molar-refractivity contribution in [3.05, 3.63) is 0 Å². The molecule has 1 fully saturated rings. The summed E-state index contributed by atoms with van der Waals surface area (Å²) in [5.74, 6) is 0.370. The maximum Gasteiger partial charge on any atom is 0.228 e. The quantitative estimate of drug-likeness (QED) is 0.666. The van der Waals surface area contributed by atoms with Gasteiger partial charge in [0.2, 0.25) is 10.0 Å². The molecule has 1 rings (SSSR count). The van der Waals surface area contributed by atoms with E-state index >= 15 is 0 Å². The van der Waals surface area contributed by atoms with Gasteiger partial charge in [0.25, 0.3) is 0 Å². The first-order valence-corrected chi connectivity index (χ1v) is 10.4. The van der Waals surface area contributed by atoms with Crippen molar-refractivity contribution in [3.63, 3.8) is 0 Å². The second-order valence-corrected chi connectivity index (χ2v) is 10.0. The number of rotatable bonds is 6. The van der Waals surface area contributed by atoms with Crippen LogP contribution in [0.1, 0.15) is 13.3 Å². The number of sulfone groups is 1. The fraction of sp³-hybridized carbons (Fsp3) is 1.00. The molecule has 0 bridgehead atoms. The first-order valence-electron chi connectivity index (χ1n) is 6.72. The first kappa shape index (κ1) is 17.8. The number of hydrogen-bond acceptors (Lipinski definition) is 6. The average Bonchev–Trinajstić information content (AvgIpc) is 2.51. The molecule has 9 heteroatoms. The molecule has 0 amide bonds. The van der Waals surface area contributed by atoms with E-state index in [9.17, 15) is 16.8 Å². The highest BCUT2D eigenvalue weighted by molar-refractivity contribution is 8.06. The zero-order chi connectivity index (χ0) is 15.4. The lowest BCUT2D eigenvalue weighted by Crippen LogP contribution is -2.39. The van der Waals surface area contributed by atoms with Gasteiger partial charge in [0.15, 0.2) is 14.9 Å². The van der Waals surface area contributed by atoms with Crippen molar-refractivity contribution in [1.82, 2.24) is 9.21 Å². The van der Waals surface area contributed by atoms with Crippen LogP contribution in [0.25, 0.3) is 0 Å². The van der Waals surface area contributed by atoms with Crippen LogP contribution in [-0.2, 0) is 19.9 Å². The monoisotopic (exact) mass is 327 g/mol. The van der Waals surface area contributed by atoms with Gasteiger partial charge < -0.3 is 10.6 Å². The molecule has 1 aliphatic rings. The Balaban J connectivity index is 2.64. The molecule has 7 nitrogen and oxygen atoms in total. The van der Waals surface area contributed by atoms with Crippen molar-refractivity contribution < 1.29 is 16.8 Å². The fourth-order valence-electron chi connectivity index (χ4n) is 2.27. The van der Waals surface area contributed by atoms with Crippen LogP contribution >= 0.6 is 0 Å². The van der Waals surface area contributed by atoms with Gasteiger partial charge in [-0.25, -0.2) is 16.8 Å². The standard InChI is InChI=1S/C11H25N3O4S2/c1-11(8-12)9-13-4-3-5-14(7-6-13)20(17,18)10-19(2,15)16/h11H,3-10,12H2,1-2H3. The second kappa shape index (κ2) is 7.17. The van der Waals surface area contributed by atoms with E-state index in [4.69, 9.17) is 5.73 Å². The predicted octanol–water partition coefficient (Wildman–Crippen LogP) is -1.08. The van der Waals surface area contributed by atoms with Crippen molar-refractivity contribution in [3.8, 4) is 0 Å². The van der Waals surface area contributed by atoms with Gasteiger partial charge in [-0.05, 0) is 25.4 Å². The SMILES string of the molecule is CC(CN)CN1CCCN(S(=O)(=O)CS(C)(=O)=O)CC1. The summed E-state index contributed by atoms with van der Waals surface area (Å²) in [7, 11) is -7.27. The number of nitrogens with two attached hydrogens (primary N) is 1. The highest BCUT2D eigenvalue weighted by Crippen LogP contribution is 2.11. The molecule has 0 saturated carbocycles. The summed E-state index contributed by atoms with van der Waals surface area (Å²) in [4.78, 5) is 2.19. The molecule has 0 aromatic carbocycles. The predicted molar refractivity (Wildman–Crippen MR) is 79.5 cm³/mol. The van der Waals surface area contributed by atoms with Crippen LogP contribution in [0, 0.1) is 5.92 Å². The summed E-state index contributed by atoms with van der Waals surface area (Å²) in [6.45, 7) is 5.66. The van der Waals surface area contributed by atoms with Gasteiger partial charge in [0, 0.05) is 32.4 Å². The van der Waals surface area contributed by atoms with E-state index in [0.29, 0.717) is 38.5 Å². The molecule has 120 valence electrons. The van der Waals surface area contributed by atoms with Crippen LogP contribution in [0.5, 0.6) is 0 Å². The zero-order valence-corrected chi connectivity index (χ0v) is 13.8. The molecule has 0 aliphatic carbocycles. The van der Waals surface area contributed by atoms with E-state index < -0.39 is 24.9 Å². The van der Waals surface area contributed by atoms with Crippen LogP contribution in [-0.4, -0.2) is 76.6 Å². The van der Waals surface area contributed by atoms with E-state index in [0.717, 1.165) is 19.3 Å². The molecule has 0 spiro atoms. The molecule has 1 saturated heterocycles. The van der Waals surface area contributed by atoms with E-state index in [1.807, 2.05) is 0 Å². The lowest BCUT2D eigenvalue weighted by molar-refractivity contribution is 0.251. The first-order chi connectivity index (χ1) is 9.14. The molecular formula is C11H25N3O4S2. The van der Waals surface area contributed by atoms with E-state index in [1.54, 1.807) is 0 Å². The number of nitrogens with zero attached hydrogens (tertiary/aromatic N) is 2. The Kier molecular flexibility index (Phi) is 6.39. The Morgan fingerprint density at radius 1 is 1.10 bits per heavy atom. The third-order valence-electron chi connectivity index (χ3n) is 3.28. The van der Waals surface area contributed by atoms with Crippen LogP contribution in [0.4, 0.5) is 0 Å². The van der Waals surface area contributed by atoms with E-state index in [1.165, 1.54) is 4.31 Å². The third kappa shape index (κ3) is 6.04. The maximum absolute atomic E-state index is 12.0. The summed E-state index contributed by atoms with van der Waals surface area (Å²) in [5.41, 5.74) is 5.59. The summed E-state index contributed by atoms with van der Waals surface area (Å²) >= 11 is 0. The molecule has 0 aromatic heterocycles. The summed E-state index contributed by atoms with van der Waals surface area (Å²) in [6, 6.07) is 0. The largest absolute Gasteiger partial charge is 0.330 e. The topological polar surface area (TPSA) is 101 Å². The van der Waals surface area contributed by atoms with Gasteiger partial charge in [-0.15, -0.1) is 0 Å². The van der Waals surface area contributed by atoms with Crippen molar-refractivity contribution in [2.45, 2.75) is 13.3 Å². The van der Waals surface area contributed by atoms with Gasteiger partial charge in [0.05, 0.1) is 0 Å². The molecular weight excluding hydrogens is 302 g/mol. The van der Waals surface area contributed by atoms with Crippen molar-refractivity contribution >= 4 is 19.9 Å². The Morgan fingerprint density at radius 3 is 2.30 bits per heavy atom. The molecule has 1 unspecified atom stereocenters. The smallest absolute Gasteiger partial charge is 0.228 e. The van der Waals surface area contributed by atoms with Crippen LogP contribution < -0.4 is 5.73 Å². The highest BCUT2D eigenvalue weighted by Gasteiger charge is 2.28. The highest BCUT2D eigenvalue weighted by atomic mass is 32.3. The number of hydrogen-bond donors (Lipinski definition) is 1. The van der Waals surface area contributed by atoms with Crippen molar-refractivity contribution in [2.75, 3.05) is 50.6 Å². The lowest BCUT2D eigenvalue weighted by Gasteiger charge is -2.23. The molecule has 20 heavy (non-hydrogen) atoms. The Bertz CT molecular complexity index is 504. The van der Waals surface area contributed by atoms with Crippen molar-refractivity contribution in [2.24, 2.45) is 11.7 Å². The van der Waals surface area contributed by atoms with Gasteiger partial charge in [-0.1, -0.05) is 6.92 Å². The minimum Gasteiger partial charge on any atom is -0.330 e. The maximum atomic E-state index is 12.0. The zero-order valence-electron chi connectivity index (χ0n) is 12.2. The second-order valence-electron chi connectivity index (χ2n) is 5.55. The molecule has 1 atom stereocenters. The lowest BCUT2D eigenvalue weighted by atomic mass is 10.1. The fourth-order valence-corrected chi connectivity index (χ4v) is 5.80. The molecule has 2 N–H and O–H groups in total. The van der Waals surface area contributed by atoms with Crippen molar-refractivity contribution in [1.29, 1.82) is 0 Å². The van der Waals surface area contributed by atoms with Crippen LogP contribution in [0.2, 0.25) is 0 Å². The molecule has 1 heterocycles. The number of sulfonamides is 1. The normalized spacial score (nSPS) is 21.6. The summed E-state index contributed by atoms with van der Waals surface area (Å²) < 4.78 is 47.8. The van der Waals surface area contributed by atoms with Gasteiger partial charge >= 0.3 is 0 Å². The van der Waals surface area contributed by atoms with Crippen LogP contribution in [0.3, 0.4) is 0 Å². The van der Waals surface area contributed by atoms with E-state index in [2.05, 4.69) is 11.8 Å². The van der Waals surface area contributed by atoms with Gasteiger partial charge in [-0.3, -0.25) is 0 Å². The van der Waals surface area contributed by atoms with Crippen LogP contribution in [0.15, 0.2) is 0 Å². The molecule has 0 aromatic rings. The Hall–Kier alpha value is -0.220. The summed E-state index contributed by atoms with van der Waals surface area (Å²) in [6.07, 6.45) is 1.65. The van der Waals surface area contributed by atoms with E-state index in [-0.39, 0.29) is 0 Å². The molecule has 0 radical (unpaired) electrons. The average molecular weight is 327 g/mol. The van der Waals surface area contributed by atoms with Gasteiger partial charge in [0.1, 0.15) is 0 Å². The Morgan fingerprint density at radius 2 is 1.75 bits per heavy atom. The minimum atomic E-state index is -3.73. The minimum absolute atomic E-state index is 0.342. The summed E-state index contributed by atoms with van der Waals surface area (Å²) in [5, 5.41) is -0.806.